The van der Waals surface area contributed by atoms with Crippen LogP contribution in [0, 0.1) is 0 Å². The van der Waals surface area contributed by atoms with Gasteiger partial charge in [0.15, 0.2) is 12.0 Å². The van der Waals surface area contributed by atoms with Gasteiger partial charge in [0.05, 0.1) is 12.1 Å². The van der Waals surface area contributed by atoms with Gasteiger partial charge in [-0.2, -0.15) is 11.8 Å². The van der Waals surface area contributed by atoms with Gasteiger partial charge in [0.2, 0.25) is 17.7 Å². The van der Waals surface area contributed by atoms with Gasteiger partial charge < -0.3 is 42.9 Å². The maximum Gasteiger partial charge on any atom is 0.328 e. The summed E-state index contributed by atoms with van der Waals surface area (Å²) in [5.74, 6) is -2.43. The first kappa shape index (κ1) is 29.5. The molecule has 1 aliphatic rings. The smallest absolute Gasteiger partial charge is 0.328 e. The molecule has 1 heterocycles. The number of rotatable bonds is 14. The Labute approximate surface area is 203 Å². The number of carbonyl (C=O) groups is 4. The highest BCUT2D eigenvalue weighted by Gasteiger charge is 2.39. The van der Waals surface area contributed by atoms with Gasteiger partial charge in [-0.05, 0) is 51.0 Å². The van der Waals surface area contributed by atoms with E-state index < -0.39 is 54.0 Å². The van der Waals surface area contributed by atoms with Crippen molar-refractivity contribution < 1.29 is 29.4 Å². The summed E-state index contributed by atoms with van der Waals surface area (Å²) < 4.78 is 0. The Hall–Kier alpha value is -2.58. The molecule has 1 fully saturated rings. The third kappa shape index (κ3) is 9.35. The average Bonchev–Trinajstić information content (AvgIpc) is 3.26. The minimum Gasteiger partial charge on any atom is -0.480 e. The highest BCUT2D eigenvalue weighted by molar-refractivity contribution is 7.98. The molecule has 0 aromatic heterocycles. The molecule has 0 saturated carbocycles. The fraction of sp³-hybridized carbons (Fsp3) is 0.750. The number of aliphatic hydroxyl groups excluding tert-OH is 1. The van der Waals surface area contributed by atoms with Crippen LogP contribution in [-0.2, 0) is 19.2 Å². The number of nitrogens with one attached hydrogen (secondary N) is 2. The zero-order chi connectivity index (χ0) is 25.8. The summed E-state index contributed by atoms with van der Waals surface area (Å²) in [5.41, 5.74) is 16.6. The molecule has 10 N–H and O–H groups in total. The number of guanidine groups is 1. The van der Waals surface area contributed by atoms with E-state index in [1.54, 1.807) is 11.8 Å². The van der Waals surface area contributed by atoms with Gasteiger partial charge >= 0.3 is 5.97 Å². The summed E-state index contributed by atoms with van der Waals surface area (Å²) in [4.78, 5) is 55.2. The molecule has 0 aromatic rings. The van der Waals surface area contributed by atoms with Crippen LogP contribution in [0.2, 0.25) is 0 Å². The molecule has 3 amide bonds. The first-order valence-corrected chi connectivity index (χ1v) is 12.5. The number of carboxylic acids is 1. The van der Waals surface area contributed by atoms with E-state index in [0.717, 1.165) is 0 Å². The number of thioether (sulfide) groups is 1. The van der Waals surface area contributed by atoms with Crippen molar-refractivity contribution in [1.82, 2.24) is 15.5 Å². The Morgan fingerprint density at radius 1 is 1.21 bits per heavy atom. The van der Waals surface area contributed by atoms with Crippen molar-refractivity contribution in [2.75, 3.05) is 25.1 Å². The van der Waals surface area contributed by atoms with Crippen LogP contribution in [0.25, 0.3) is 0 Å². The Bertz CT molecular complexity index is 747. The van der Waals surface area contributed by atoms with E-state index in [0.29, 0.717) is 31.4 Å². The highest BCUT2D eigenvalue weighted by atomic mass is 32.2. The van der Waals surface area contributed by atoms with E-state index in [1.807, 2.05) is 6.26 Å². The van der Waals surface area contributed by atoms with E-state index in [9.17, 15) is 29.4 Å². The number of aliphatic carboxylic acids is 1. The lowest BCUT2D eigenvalue weighted by Gasteiger charge is -2.30. The second-order valence-corrected chi connectivity index (χ2v) is 9.14. The topological polar surface area (TPSA) is 226 Å². The Kier molecular flexibility index (Phi) is 12.7. The number of hydrogen-bond acceptors (Lipinski definition) is 8. The quantitative estimate of drug-likeness (QED) is 0.0751. The van der Waals surface area contributed by atoms with Gasteiger partial charge in [-0.1, -0.05) is 0 Å². The zero-order valence-electron chi connectivity index (χ0n) is 19.6. The molecule has 34 heavy (non-hydrogen) atoms. The van der Waals surface area contributed by atoms with Crippen LogP contribution < -0.4 is 27.8 Å². The number of hydrogen-bond donors (Lipinski definition) is 7. The first-order chi connectivity index (χ1) is 16.0. The molecule has 13 nitrogen and oxygen atoms in total. The Balaban J connectivity index is 2.97. The molecule has 14 heteroatoms. The lowest BCUT2D eigenvalue weighted by atomic mass is 10.1. The summed E-state index contributed by atoms with van der Waals surface area (Å²) in [6, 6.07) is -4.17. The Morgan fingerprint density at radius 2 is 1.88 bits per heavy atom. The van der Waals surface area contributed by atoms with Gasteiger partial charge in [0, 0.05) is 13.1 Å². The molecular formula is C20H37N7O6S. The minimum absolute atomic E-state index is 0.0895. The number of aliphatic hydroxyl groups is 1. The van der Waals surface area contributed by atoms with Crippen molar-refractivity contribution in [2.45, 2.75) is 69.3 Å². The zero-order valence-corrected chi connectivity index (χ0v) is 20.4. The Morgan fingerprint density at radius 3 is 2.44 bits per heavy atom. The summed E-state index contributed by atoms with van der Waals surface area (Å²) in [6.45, 7) is 1.76. The van der Waals surface area contributed by atoms with E-state index in [2.05, 4.69) is 15.6 Å². The number of nitrogens with zero attached hydrogens (tertiary/aromatic N) is 2. The van der Waals surface area contributed by atoms with Gasteiger partial charge in [-0.25, -0.2) is 4.79 Å². The van der Waals surface area contributed by atoms with Gasteiger partial charge in [0.25, 0.3) is 0 Å². The van der Waals surface area contributed by atoms with Gasteiger partial charge in [0.1, 0.15) is 12.1 Å². The number of likely N-dealkylation sites (tertiary alicyclic amines) is 1. The van der Waals surface area contributed by atoms with Crippen molar-refractivity contribution in [3.05, 3.63) is 0 Å². The molecule has 0 spiro atoms. The third-order valence-corrected chi connectivity index (χ3v) is 6.06. The van der Waals surface area contributed by atoms with E-state index in [-0.39, 0.29) is 25.5 Å². The lowest BCUT2D eigenvalue weighted by molar-refractivity contribution is -0.147. The molecule has 1 saturated heterocycles. The fourth-order valence-corrected chi connectivity index (χ4v) is 4.05. The molecule has 5 unspecified atom stereocenters. The van der Waals surface area contributed by atoms with Crippen LogP contribution in [0.5, 0.6) is 0 Å². The van der Waals surface area contributed by atoms with Crippen molar-refractivity contribution in [3.63, 3.8) is 0 Å². The van der Waals surface area contributed by atoms with Crippen molar-refractivity contribution in [1.29, 1.82) is 0 Å². The van der Waals surface area contributed by atoms with Crippen LogP contribution >= 0.6 is 11.8 Å². The van der Waals surface area contributed by atoms with E-state index in [1.165, 1.54) is 11.8 Å². The number of aliphatic imine (C=N–C) groups is 1. The maximum absolute atomic E-state index is 13.3. The molecule has 5 atom stereocenters. The molecule has 0 radical (unpaired) electrons. The second-order valence-electron chi connectivity index (χ2n) is 8.15. The first-order valence-electron chi connectivity index (χ1n) is 11.1. The largest absolute Gasteiger partial charge is 0.480 e. The van der Waals surface area contributed by atoms with Crippen LogP contribution in [0.3, 0.4) is 0 Å². The van der Waals surface area contributed by atoms with E-state index in [4.69, 9.17) is 17.2 Å². The number of carbonyl (C=O) groups excluding carboxylic acids is 3. The molecular weight excluding hydrogens is 466 g/mol. The molecule has 1 rings (SSSR count). The third-order valence-electron chi connectivity index (χ3n) is 5.41. The predicted octanol–water partition coefficient (Wildman–Crippen LogP) is -2.45. The molecule has 1 aliphatic heterocycles. The molecule has 0 aliphatic carbocycles. The number of nitrogens with two attached hydrogens (primary N) is 3. The van der Waals surface area contributed by atoms with Crippen molar-refractivity contribution in [3.8, 4) is 0 Å². The van der Waals surface area contributed by atoms with Crippen LogP contribution in [-0.4, -0.2) is 100 Å². The molecule has 0 bridgehead atoms. The monoisotopic (exact) mass is 503 g/mol. The molecule has 194 valence electrons. The normalized spacial score (nSPS) is 18.9. The standard InChI is InChI=1S/C20H37N7O6S/c1-11(28)15(19(32)33)26-17(30)14-6-4-9-27(14)18(31)13(5-3-8-24-20(22)23)25-16(29)12(21)7-10-34-2/h11-15,28H,3-10,21H2,1-2H3,(H,25,29)(H,26,30)(H,32,33)(H4,22,23,24). The second kappa shape index (κ2) is 14.6. The van der Waals surface area contributed by atoms with Gasteiger partial charge in [-0.3, -0.25) is 19.4 Å². The highest BCUT2D eigenvalue weighted by Crippen LogP contribution is 2.20. The average molecular weight is 504 g/mol. The van der Waals surface area contributed by atoms with Crippen LogP contribution in [0.15, 0.2) is 4.99 Å². The minimum atomic E-state index is -1.51. The summed E-state index contributed by atoms with van der Waals surface area (Å²) >= 11 is 1.55. The van der Waals surface area contributed by atoms with Gasteiger partial charge in [-0.15, -0.1) is 0 Å². The molecule has 0 aromatic carbocycles. The van der Waals surface area contributed by atoms with Crippen molar-refractivity contribution in [2.24, 2.45) is 22.2 Å². The lowest BCUT2D eigenvalue weighted by Crippen LogP contribution is -2.57. The van der Waals surface area contributed by atoms with E-state index >= 15 is 0 Å². The summed E-state index contributed by atoms with van der Waals surface area (Å²) in [7, 11) is 0. The van der Waals surface area contributed by atoms with Crippen LogP contribution in [0.4, 0.5) is 0 Å². The van der Waals surface area contributed by atoms with Crippen LogP contribution in [0.1, 0.15) is 39.0 Å². The van der Waals surface area contributed by atoms with Crippen molar-refractivity contribution >= 4 is 41.4 Å². The number of amides is 3. The predicted molar refractivity (Wildman–Crippen MR) is 129 cm³/mol. The maximum atomic E-state index is 13.3. The summed E-state index contributed by atoms with van der Waals surface area (Å²) in [6.07, 6.45) is 2.47. The fourth-order valence-electron chi connectivity index (χ4n) is 3.56. The summed E-state index contributed by atoms with van der Waals surface area (Å²) in [5, 5.41) is 23.8. The SMILES string of the molecule is CSCCC(N)C(=O)NC(CCCN=C(N)N)C(=O)N1CCCC1C(=O)NC(C(=O)O)C(C)O. The number of carboxylic acid groups (broad SMARTS) is 1.